The highest BCUT2D eigenvalue weighted by Gasteiger charge is 2.06. The van der Waals surface area contributed by atoms with Crippen LogP contribution in [0.15, 0.2) is 12.4 Å². The number of primary amides is 1. The molecule has 2 N–H and O–H groups in total. The molecule has 0 aliphatic heterocycles. The Hall–Kier alpha value is -1.78. The molecule has 0 saturated heterocycles. The van der Waals surface area contributed by atoms with E-state index in [0.29, 0.717) is 0 Å². The van der Waals surface area contributed by atoms with Gasteiger partial charge in [-0.2, -0.15) is 0 Å². The molecule has 0 atom stereocenters. The topological polar surface area (TPSA) is 85.9 Å². The lowest BCUT2D eigenvalue weighted by atomic mass is 10.2. The van der Waals surface area contributed by atoms with Crippen molar-refractivity contribution < 1.29 is 9.59 Å². The van der Waals surface area contributed by atoms with Gasteiger partial charge in [0.2, 0.25) is 0 Å². The van der Waals surface area contributed by atoms with Gasteiger partial charge in [-0.25, -0.2) is 9.97 Å². The van der Waals surface area contributed by atoms with Crippen LogP contribution in [0.1, 0.15) is 27.9 Å². The Kier molecular flexibility index (Phi) is 2.14. The molecule has 1 heterocycles. The maximum atomic E-state index is 10.8. The Labute approximate surface area is 68.6 Å². The van der Waals surface area contributed by atoms with Crippen molar-refractivity contribution in [2.45, 2.75) is 6.92 Å². The predicted octanol–water partition coefficient (Wildman–Crippen LogP) is -0.222. The molecule has 0 fully saturated rings. The van der Waals surface area contributed by atoms with Crippen LogP contribution in [-0.4, -0.2) is 21.7 Å². The smallest absolute Gasteiger partial charge is 0.267 e. The lowest BCUT2D eigenvalue weighted by molar-refractivity contribution is 0.0995. The normalized spacial score (nSPS) is 9.42. The van der Waals surface area contributed by atoms with Crippen LogP contribution in [0.4, 0.5) is 0 Å². The Morgan fingerprint density at radius 1 is 1.33 bits per heavy atom. The summed E-state index contributed by atoms with van der Waals surface area (Å²) in [5, 5.41) is 0. The second-order valence-electron chi connectivity index (χ2n) is 2.21. The zero-order chi connectivity index (χ0) is 9.14. The number of rotatable bonds is 2. The summed E-state index contributed by atoms with van der Waals surface area (Å²) < 4.78 is 0. The van der Waals surface area contributed by atoms with Gasteiger partial charge >= 0.3 is 0 Å². The largest absolute Gasteiger partial charge is 0.364 e. The number of carbonyl (C=O) groups is 2. The average molecular weight is 165 g/mol. The summed E-state index contributed by atoms with van der Waals surface area (Å²) in [4.78, 5) is 28.6. The molecular formula is C7H7N3O2. The van der Waals surface area contributed by atoms with Crippen LogP contribution in [0.5, 0.6) is 0 Å². The molecule has 0 spiro atoms. The maximum absolute atomic E-state index is 10.8. The fraction of sp³-hybridized carbons (Fsp3) is 0.143. The first-order valence-electron chi connectivity index (χ1n) is 3.24. The summed E-state index contributed by atoms with van der Waals surface area (Å²) in [6.45, 7) is 1.35. The molecule has 0 saturated carbocycles. The highest BCUT2D eigenvalue weighted by atomic mass is 16.1. The van der Waals surface area contributed by atoms with Gasteiger partial charge in [-0.3, -0.25) is 9.59 Å². The maximum Gasteiger partial charge on any atom is 0.267 e. The molecule has 0 radical (unpaired) electrons. The number of amides is 1. The summed E-state index contributed by atoms with van der Waals surface area (Å²) >= 11 is 0. The SMILES string of the molecule is CC(=O)c1cc(C(N)=O)ncn1. The number of nitrogens with zero attached hydrogens (tertiary/aromatic N) is 2. The molecule has 62 valence electrons. The van der Waals surface area contributed by atoms with E-state index in [0.717, 1.165) is 6.33 Å². The van der Waals surface area contributed by atoms with Crippen molar-refractivity contribution in [3.05, 3.63) is 23.8 Å². The minimum absolute atomic E-state index is 0.0511. The molecule has 1 amide bonds. The molecule has 0 aliphatic carbocycles. The van der Waals surface area contributed by atoms with Gasteiger partial charge in [0.25, 0.3) is 5.91 Å². The molecule has 12 heavy (non-hydrogen) atoms. The summed E-state index contributed by atoms with van der Waals surface area (Å²) in [5.41, 5.74) is 5.19. The van der Waals surface area contributed by atoms with E-state index in [-0.39, 0.29) is 17.2 Å². The number of aromatic nitrogens is 2. The van der Waals surface area contributed by atoms with E-state index in [4.69, 9.17) is 5.73 Å². The minimum atomic E-state index is -0.667. The summed E-state index contributed by atoms with van der Waals surface area (Å²) in [6, 6.07) is 1.27. The summed E-state index contributed by atoms with van der Waals surface area (Å²) in [7, 11) is 0. The fourth-order valence-electron chi connectivity index (χ4n) is 0.685. The van der Waals surface area contributed by atoms with Crippen LogP contribution in [0.3, 0.4) is 0 Å². The van der Waals surface area contributed by atoms with E-state index < -0.39 is 5.91 Å². The third-order valence-electron chi connectivity index (χ3n) is 1.28. The highest BCUT2D eigenvalue weighted by molar-refractivity contribution is 5.96. The third kappa shape index (κ3) is 1.63. The van der Waals surface area contributed by atoms with Crippen molar-refractivity contribution in [1.29, 1.82) is 0 Å². The van der Waals surface area contributed by atoms with Gasteiger partial charge in [0, 0.05) is 6.92 Å². The standard InChI is InChI=1S/C7H7N3O2/c1-4(11)5-2-6(7(8)12)10-3-9-5/h2-3H,1H3,(H2,8,12). The molecule has 5 heteroatoms. The molecule has 5 nitrogen and oxygen atoms in total. The van der Waals surface area contributed by atoms with E-state index in [9.17, 15) is 9.59 Å². The quantitative estimate of drug-likeness (QED) is 0.613. The molecular weight excluding hydrogens is 158 g/mol. The lowest BCUT2D eigenvalue weighted by Gasteiger charge is -1.95. The van der Waals surface area contributed by atoms with Gasteiger partial charge in [0.1, 0.15) is 17.7 Å². The number of nitrogens with two attached hydrogens (primary N) is 1. The molecule has 1 aromatic heterocycles. The van der Waals surface area contributed by atoms with E-state index in [1.54, 1.807) is 0 Å². The van der Waals surface area contributed by atoms with Gasteiger partial charge in [0.05, 0.1) is 0 Å². The second kappa shape index (κ2) is 3.08. The molecule has 0 bridgehead atoms. The van der Waals surface area contributed by atoms with Crippen molar-refractivity contribution in [3.63, 3.8) is 0 Å². The van der Waals surface area contributed by atoms with Crippen LogP contribution in [0.25, 0.3) is 0 Å². The molecule has 0 aromatic carbocycles. The number of Topliss-reactive ketones (excluding diaryl/α,β-unsaturated/α-hetero) is 1. The van der Waals surface area contributed by atoms with E-state index >= 15 is 0 Å². The minimum Gasteiger partial charge on any atom is -0.364 e. The zero-order valence-corrected chi connectivity index (χ0v) is 6.44. The van der Waals surface area contributed by atoms with E-state index in [1.165, 1.54) is 13.0 Å². The molecule has 0 aliphatic rings. The van der Waals surface area contributed by atoms with Gasteiger partial charge in [-0.1, -0.05) is 0 Å². The number of carbonyl (C=O) groups excluding carboxylic acids is 2. The van der Waals surface area contributed by atoms with Gasteiger partial charge in [0.15, 0.2) is 5.78 Å². The van der Waals surface area contributed by atoms with Crippen LogP contribution in [0.2, 0.25) is 0 Å². The van der Waals surface area contributed by atoms with Crippen LogP contribution in [0, 0.1) is 0 Å². The van der Waals surface area contributed by atoms with Crippen molar-refractivity contribution in [1.82, 2.24) is 9.97 Å². The van der Waals surface area contributed by atoms with Gasteiger partial charge in [-0.05, 0) is 6.07 Å². The Bertz CT molecular complexity index is 306. The fourth-order valence-corrected chi connectivity index (χ4v) is 0.685. The Morgan fingerprint density at radius 2 is 1.92 bits per heavy atom. The van der Waals surface area contributed by atoms with E-state index in [2.05, 4.69) is 9.97 Å². The van der Waals surface area contributed by atoms with E-state index in [1.807, 2.05) is 0 Å². The summed E-state index contributed by atoms with van der Waals surface area (Å²) in [6.07, 6.45) is 1.14. The average Bonchev–Trinajstić information content (AvgIpc) is 2.04. The number of ketones is 1. The third-order valence-corrected chi connectivity index (χ3v) is 1.28. The zero-order valence-electron chi connectivity index (χ0n) is 6.44. The molecule has 1 rings (SSSR count). The Balaban J connectivity index is 3.12. The van der Waals surface area contributed by atoms with Crippen LogP contribution in [-0.2, 0) is 0 Å². The van der Waals surface area contributed by atoms with Crippen LogP contribution >= 0.6 is 0 Å². The first-order chi connectivity index (χ1) is 5.61. The second-order valence-corrected chi connectivity index (χ2v) is 2.21. The predicted molar refractivity (Wildman–Crippen MR) is 40.6 cm³/mol. The number of hydrogen-bond acceptors (Lipinski definition) is 4. The number of hydrogen-bond donors (Lipinski definition) is 1. The first-order valence-corrected chi connectivity index (χ1v) is 3.24. The summed E-state index contributed by atoms with van der Waals surface area (Å²) in [5.74, 6) is -0.889. The van der Waals surface area contributed by atoms with Gasteiger partial charge in [-0.15, -0.1) is 0 Å². The van der Waals surface area contributed by atoms with Crippen LogP contribution < -0.4 is 5.73 Å². The van der Waals surface area contributed by atoms with Gasteiger partial charge < -0.3 is 5.73 Å². The lowest BCUT2D eigenvalue weighted by Crippen LogP contribution is -2.14. The van der Waals surface area contributed by atoms with Crippen molar-refractivity contribution in [2.24, 2.45) is 5.73 Å². The van der Waals surface area contributed by atoms with Crippen molar-refractivity contribution >= 4 is 11.7 Å². The van der Waals surface area contributed by atoms with Crippen molar-refractivity contribution in [2.75, 3.05) is 0 Å². The first kappa shape index (κ1) is 8.32. The monoisotopic (exact) mass is 165 g/mol. The highest BCUT2D eigenvalue weighted by Crippen LogP contribution is 1.97. The Morgan fingerprint density at radius 3 is 2.42 bits per heavy atom. The molecule has 1 aromatic rings. The van der Waals surface area contributed by atoms with Crippen molar-refractivity contribution in [3.8, 4) is 0 Å². The molecule has 0 unspecified atom stereocenters.